The third-order valence-electron chi connectivity index (χ3n) is 9.29. The Labute approximate surface area is 272 Å². The quantitative estimate of drug-likeness (QED) is 0.278. The van der Waals surface area contributed by atoms with E-state index in [1.54, 1.807) is 18.2 Å². The van der Waals surface area contributed by atoms with E-state index in [2.05, 4.69) is 4.74 Å². The summed E-state index contributed by atoms with van der Waals surface area (Å²) in [6.07, 6.45) is 3.44. The number of phenolic OH excluding ortho intramolecular Hbond substituents is 1. The van der Waals surface area contributed by atoms with Crippen LogP contribution >= 0.6 is 23.2 Å². The van der Waals surface area contributed by atoms with E-state index >= 15 is 0 Å². The van der Waals surface area contributed by atoms with Crippen molar-refractivity contribution in [2.75, 3.05) is 26.2 Å². The number of fused-ring (bicyclic) bond motifs is 4. The van der Waals surface area contributed by atoms with Crippen LogP contribution in [0.5, 0.6) is 17.2 Å². The molecule has 14 heteroatoms. The molecule has 2 aromatic carbocycles. The van der Waals surface area contributed by atoms with Crippen molar-refractivity contribution in [1.29, 1.82) is 0 Å². The summed E-state index contributed by atoms with van der Waals surface area (Å²) in [5.74, 6) is -7.92. The highest BCUT2D eigenvalue weighted by Crippen LogP contribution is 2.63. The van der Waals surface area contributed by atoms with Crippen molar-refractivity contribution in [1.82, 2.24) is 4.90 Å². The van der Waals surface area contributed by atoms with Crippen molar-refractivity contribution in [2.24, 2.45) is 23.7 Å². The van der Waals surface area contributed by atoms with E-state index in [4.69, 9.17) is 32.7 Å². The molecule has 240 valence electrons. The number of likely N-dealkylation sites (tertiary alicyclic amines) is 1. The highest BCUT2D eigenvalue weighted by molar-refractivity contribution is 6.58. The Balaban J connectivity index is 1.51. The monoisotopic (exact) mass is 672 g/mol. The second-order valence-corrected chi connectivity index (χ2v) is 12.7. The summed E-state index contributed by atoms with van der Waals surface area (Å²) in [5.41, 5.74) is 0.983. The van der Waals surface area contributed by atoms with E-state index in [1.165, 1.54) is 38.5 Å². The van der Waals surface area contributed by atoms with Crippen molar-refractivity contribution < 1.29 is 47.7 Å². The van der Waals surface area contributed by atoms with Crippen LogP contribution in [0.1, 0.15) is 18.4 Å². The molecule has 0 radical (unpaired) electrons. The van der Waals surface area contributed by atoms with Gasteiger partial charge in [0.1, 0.15) is 5.82 Å². The molecule has 0 aromatic heterocycles. The van der Waals surface area contributed by atoms with E-state index < -0.39 is 69.0 Å². The van der Waals surface area contributed by atoms with Gasteiger partial charge in [0.15, 0.2) is 21.2 Å². The van der Waals surface area contributed by atoms with Gasteiger partial charge in [-0.3, -0.25) is 19.2 Å². The smallest absolute Gasteiger partial charge is 0.423 e. The van der Waals surface area contributed by atoms with Gasteiger partial charge in [0.25, 0.3) is 11.8 Å². The first kappa shape index (κ1) is 31.6. The number of carbonyl (C=O) groups excluding carboxylic acids is 5. The van der Waals surface area contributed by atoms with Crippen molar-refractivity contribution in [3.8, 4) is 17.2 Å². The number of allylic oxidation sites excluding steroid dienone is 3. The number of hydrogen-bond donors (Lipinski definition) is 1. The number of phenols is 1. The molecule has 2 aliphatic heterocycles. The fraction of sp³-hybridized carbons (Fsp3) is 0.344. The molecule has 46 heavy (non-hydrogen) atoms. The van der Waals surface area contributed by atoms with Crippen LogP contribution in [0, 0.1) is 29.5 Å². The zero-order valence-corrected chi connectivity index (χ0v) is 26.2. The second kappa shape index (κ2) is 11.1. The number of ether oxygens (including phenoxy) is 3. The number of imide groups is 4. The Morgan fingerprint density at radius 2 is 1.61 bits per heavy atom. The van der Waals surface area contributed by atoms with Crippen molar-refractivity contribution in [2.45, 2.75) is 22.6 Å². The Hall–Kier alpha value is -4.42. The normalized spacial score (nSPS) is 30.3. The first-order valence-electron chi connectivity index (χ1n) is 14.1. The van der Waals surface area contributed by atoms with E-state index in [9.17, 15) is 33.5 Å². The largest absolute Gasteiger partial charge is 0.502 e. The van der Waals surface area contributed by atoms with Crippen LogP contribution < -0.4 is 14.4 Å². The number of rotatable bonds is 5. The zero-order valence-electron chi connectivity index (χ0n) is 24.7. The SMILES string of the molecule is COC(=O)N1C(=O)C2CC=C3C(CC4(Cl)C(=O)N(c5ccc(F)cc5)C(=O)C4(Cl)C3C=Cc3cc(OC)c(O)c(OC)c3)C2C1=O. The van der Waals surface area contributed by atoms with Crippen molar-refractivity contribution in [3.05, 3.63) is 65.5 Å². The molecule has 2 saturated heterocycles. The number of aromatic hydroxyl groups is 1. The summed E-state index contributed by atoms with van der Waals surface area (Å²) < 4.78 is 29.0. The average Bonchev–Trinajstić information content (AvgIpc) is 3.38. The van der Waals surface area contributed by atoms with E-state index in [0.29, 0.717) is 16.0 Å². The number of carbonyl (C=O) groups is 5. The van der Waals surface area contributed by atoms with Crippen LogP contribution in [0.2, 0.25) is 0 Å². The van der Waals surface area contributed by atoms with Crippen LogP contribution in [0.4, 0.5) is 14.9 Å². The molecule has 2 heterocycles. The topological polar surface area (TPSA) is 140 Å². The summed E-state index contributed by atoms with van der Waals surface area (Å²) in [6, 6.07) is 7.68. The van der Waals surface area contributed by atoms with Gasteiger partial charge in [0.05, 0.1) is 38.9 Å². The van der Waals surface area contributed by atoms with Gasteiger partial charge in [-0.2, -0.15) is 4.90 Å². The van der Waals surface area contributed by atoms with Gasteiger partial charge in [-0.25, -0.2) is 14.1 Å². The molecule has 6 atom stereocenters. The zero-order chi connectivity index (χ0) is 33.3. The molecular formula is C32H27Cl2FN2O9. The minimum Gasteiger partial charge on any atom is -0.502 e. The first-order valence-corrected chi connectivity index (χ1v) is 14.9. The summed E-state index contributed by atoms with van der Waals surface area (Å²) in [6.45, 7) is 0. The van der Waals surface area contributed by atoms with Crippen LogP contribution in [0.25, 0.3) is 6.08 Å². The Bertz CT molecular complexity index is 1740. The molecule has 6 unspecified atom stereocenters. The Kier molecular flexibility index (Phi) is 7.63. The molecule has 5 amide bonds. The fourth-order valence-electron chi connectivity index (χ4n) is 7.14. The van der Waals surface area contributed by atoms with Crippen LogP contribution in [0.15, 0.2) is 54.1 Å². The molecular weight excluding hydrogens is 646 g/mol. The molecule has 1 N–H and O–H groups in total. The van der Waals surface area contributed by atoms with Gasteiger partial charge in [0, 0.05) is 5.92 Å². The molecule has 11 nitrogen and oxygen atoms in total. The first-order chi connectivity index (χ1) is 21.8. The number of methoxy groups -OCH3 is 3. The Morgan fingerprint density at radius 3 is 2.20 bits per heavy atom. The summed E-state index contributed by atoms with van der Waals surface area (Å²) in [5, 5.41) is 10.4. The van der Waals surface area contributed by atoms with Crippen LogP contribution in [0.3, 0.4) is 0 Å². The summed E-state index contributed by atoms with van der Waals surface area (Å²) >= 11 is 14.5. The van der Waals surface area contributed by atoms with Gasteiger partial charge in [-0.15, -0.1) is 23.2 Å². The summed E-state index contributed by atoms with van der Waals surface area (Å²) in [7, 11) is 3.76. The maximum atomic E-state index is 14.3. The van der Waals surface area contributed by atoms with E-state index in [-0.39, 0.29) is 35.8 Å². The van der Waals surface area contributed by atoms with Crippen LogP contribution in [-0.4, -0.2) is 70.8 Å². The predicted octanol–water partition coefficient (Wildman–Crippen LogP) is 4.42. The van der Waals surface area contributed by atoms with E-state index in [1.807, 2.05) is 0 Å². The summed E-state index contributed by atoms with van der Waals surface area (Å²) in [4.78, 5) is 64.7. The van der Waals surface area contributed by atoms with Crippen molar-refractivity contribution in [3.63, 3.8) is 0 Å². The maximum absolute atomic E-state index is 14.3. The molecule has 1 saturated carbocycles. The third-order valence-corrected chi connectivity index (χ3v) is 10.7. The minimum atomic E-state index is -2.13. The lowest BCUT2D eigenvalue weighted by atomic mass is 9.57. The number of amides is 5. The molecule has 6 rings (SSSR count). The number of halogens is 3. The lowest BCUT2D eigenvalue weighted by Gasteiger charge is -2.49. The second-order valence-electron chi connectivity index (χ2n) is 11.4. The van der Waals surface area contributed by atoms with Crippen LogP contribution in [-0.2, 0) is 23.9 Å². The lowest BCUT2D eigenvalue weighted by molar-refractivity contribution is -0.138. The number of nitrogens with zero attached hydrogens (tertiary/aromatic N) is 2. The Morgan fingerprint density at radius 1 is 0.978 bits per heavy atom. The maximum Gasteiger partial charge on any atom is 0.423 e. The van der Waals surface area contributed by atoms with Gasteiger partial charge in [0.2, 0.25) is 17.6 Å². The third kappa shape index (κ3) is 4.26. The standard InChI is InChI=1S/C32H27Cl2FN2O9/c1-44-22-12-15(13-23(45-2)25(22)38)4-11-21-18-9-10-19-24(27(40)37(26(19)39)30(43)46-3)20(18)14-31(33)28(41)36(29(42)32(21,31)34)17-7-5-16(35)6-8-17/h4-9,11-13,19-21,24,38H,10,14H2,1-3H3. The van der Waals surface area contributed by atoms with Gasteiger partial charge >= 0.3 is 6.09 Å². The fourth-order valence-corrected chi connectivity index (χ4v) is 8.03. The highest BCUT2D eigenvalue weighted by Gasteiger charge is 2.76. The molecule has 0 bridgehead atoms. The predicted molar refractivity (Wildman–Crippen MR) is 162 cm³/mol. The van der Waals surface area contributed by atoms with Gasteiger partial charge in [-0.1, -0.05) is 23.8 Å². The molecule has 2 aromatic rings. The molecule has 4 aliphatic rings. The molecule has 2 aliphatic carbocycles. The van der Waals surface area contributed by atoms with Gasteiger partial charge in [-0.05, 0) is 60.7 Å². The van der Waals surface area contributed by atoms with E-state index in [0.717, 1.165) is 24.1 Å². The number of hydrogen-bond acceptors (Lipinski definition) is 9. The number of anilines is 1. The number of benzene rings is 2. The van der Waals surface area contributed by atoms with Gasteiger partial charge < -0.3 is 19.3 Å². The molecule has 0 spiro atoms. The van der Waals surface area contributed by atoms with Crippen molar-refractivity contribution >= 4 is 64.7 Å². The lowest BCUT2D eigenvalue weighted by Crippen LogP contribution is -2.60. The highest BCUT2D eigenvalue weighted by atomic mass is 35.5. The molecule has 3 fully saturated rings. The number of alkyl halides is 2. The average molecular weight is 673 g/mol. The minimum absolute atomic E-state index is 0.0420.